The molecule has 1 aliphatic rings. The van der Waals surface area contributed by atoms with Crippen molar-refractivity contribution in [3.8, 4) is 5.88 Å². The van der Waals surface area contributed by atoms with Gasteiger partial charge in [-0.15, -0.1) is 0 Å². The van der Waals surface area contributed by atoms with Gasteiger partial charge in [0, 0.05) is 12.3 Å². The number of carbonyl (C=O) groups excluding carboxylic acids is 1. The maximum absolute atomic E-state index is 12.8. The van der Waals surface area contributed by atoms with Crippen LogP contribution in [0.3, 0.4) is 0 Å². The highest BCUT2D eigenvalue weighted by atomic mass is 16.5. The lowest BCUT2D eigenvalue weighted by atomic mass is 9.75. The van der Waals surface area contributed by atoms with Crippen LogP contribution in [0.25, 0.3) is 11.0 Å². The van der Waals surface area contributed by atoms with Gasteiger partial charge < -0.3 is 15.2 Å². The third-order valence-corrected chi connectivity index (χ3v) is 4.92. The van der Waals surface area contributed by atoms with Gasteiger partial charge in [0.15, 0.2) is 0 Å². The number of aromatic nitrogens is 3. The van der Waals surface area contributed by atoms with E-state index in [1.165, 1.54) is 6.20 Å². The average molecular weight is 364 g/mol. The van der Waals surface area contributed by atoms with Gasteiger partial charge in [-0.3, -0.25) is 9.78 Å². The van der Waals surface area contributed by atoms with E-state index < -0.39 is 0 Å². The lowest BCUT2D eigenvalue weighted by molar-refractivity contribution is 0.0234. The maximum Gasteiger partial charge on any atom is 0.272 e. The van der Waals surface area contributed by atoms with Crippen LogP contribution in [-0.4, -0.2) is 39.2 Å². The van der Waals surface area contributed by atoms with Crippen molar-refractivity contribution in [3.63, 3.8) is 0 Å². The van der Waals surface area contributed by atoms with Crippen LogP contribution in [-0.2, 0) is 0 Å². The van der Waals surface area contributed by atoms with E-state index in [1.54, 1.807) is 19.4 Å². The second kappa shape index (κ2) is 7.28. The van der Waals surface area contributed by atoms with E-state index >= 15 is 0 Å². The number of ether oxygens (including phenoxy) is 1. The molecule has 1 atom stereocenters. The summed E-state index contributed by atoms with van der Waals surface area (Å²) in [6.07, 6.45) is 4.14. The molecule has 4 rings (SSSR count). The Hall–Kier alpha value is -3.06. The van der Waals surface area contributed by atoms with Crippen LogP contribution in [0.2, 0.25) is 0 Å². The molecule has 0 saturated heterocycles. The van der Waals surface area contributed by atoms with Gasteiger partial charge >= 0.3 is 0 Å². The molecule has 2 aromatic heterocycles. The van der Waals surface area contributed by atoms with Crippen molar-refractivity contribution >= 4 is 16.9 Å². The number of benzene rings is 1. The molecule has 1 fully saturated rings. The molecule has 0 radical (unpaired) electrons. The number of hydrogen-bond acceptors (Lipinski definition) is 6. The van der Waals surface area contributed by atoms with E-state index in [-0.39, 0.29) is 29.7 Å². The van der Waals surface area contributed by atoms with Gasteiger partial charge in [-0.2, -0.15) is 0 Å². The van der Waals surface area contributed by atoms with Crippen LogP contribution in [0.5, 0.6) is 5.88 Å². The molecule has 27 heavy (non-hydrogen) atoms. The highest BCUT2D eigenvalue weighted by Crippen LogP contribution is 2.38. The number of rotatable bonds is 5. The molecule has 1 saturated carbocycles. The van der Waals surface area contributed by atoms with Gasteiger partial charge in [0.05, 0.1) is 36.5 Å². The SMILES string of the molecule is COc1ccc([C@H](NC(=O)c2cnc3ccccc3n2)C2CC(O)C2)cn1. The predicted octanol–water partition coefficient (Wildman–Crippen LogP) is 2.28. The Morgan fingerprint density at radius 2 is 1.93 bits per heavy atom. The summed E-state index contributed by atoms with van der Waals surface area (Å²) in [6.45, 7) is 0. The normalized spacial score (nSPS) is 19.9. The van der Waals surface area contributed by atoms with E-state index in [9.17, 15) is 9.90 Å². The Morgan fingerprint density at radius 3 is 2.59 bits per heavy atom. The summed E-state index contributed by atoms with van der Waals surface area (Å²) < 4.78 is 5.10. The van der Waals surface area contributed by atoms with Crippen molar-refractivity contribution in [2.24, 2.45) is 5.92 Å². The van der Waals surface area contributed by atoms with E-state index in [0.29, 0.717) is 24.2 Å². The summed E-state index contributed by atoms with van der Waals surface area (Å²) in [5, 5.41) is 12.7. The lowest BCUT2D eigenvalue weighted by Crippen LogP contribution is -2.41. The first-order valence-corrected chi connectivity index (χ1v) is 8.84. The maximum atomic E-state index is 12.8. The van der Waals surface area contributed by atoms with Crippen molar-refractivity contribution < 1.29 is 14.6 Å². The molecule has 138 valence electrons. The number of carbonyl (C=O) groups is 1. The number of para-hydroxylation sites is 2. The number of pyridine rings is 1. The minimum absolute atomic E-state index is 0.146. The zero-order valence-electron chi connectivity index (χ0n) is 14.9. The molecular formula is C20H20N4O3. The summed E-state index contributed by atoms with van der Waals surface area (Å²) in [6, 6.07) is 10.8. The van der Waals surface area contributed by atoms with Gasteiger partial charge in [-0.05, 0) is 36.5 Å². The fraction of sp³-hybridized carbons (Fsp3) is 0.300. The molecule has 3 aromatic rings. The Morgan fingerprint density at radius 1 is 1.15 bits per heavy atom. The van der Waals surface area contributed by atoms with Crippen molar-refractivity contribution in [2.45, 2.75) is 25.0 Å². The third kappa shape index (κ3) is 3.59. The molecule has 0 bridgehead atoms. The van der Waals surface area contributed by atoms with Crippen molar-refractivity contribution in [1.82, 2.24) is 20.3 Å². The Labute approximate surface area is 156 Å². The van der Waals surface area contributed by atoms with Crippen LogP contribution >= 0.6 is 0 Å². The van der Waals surface area contributed by atoms with Crippen LogP contribution < -0.4 is 10.1 Å². The van der Waals surface area contributed by atoms with Crippen molar-refractivity contribution in [1.29, 1.82) is 0 Å². The number of aliphatic hydroxyl groups is 1. The van der Waals surface area contributed by atoms with Gasteiger partial charge in [0.25, 0.3) is 5.91 Å². The Kier molecular flexibility index (Phi) is 4.68. The zero-order chi connectivity index (χ0) is 18.8. The number of fused-ring (bicyclic) bond motifs is 1. The van der Waals surface area contributed by atoms with Gasteiger partial charge in [-0.1, -0.05) is 18.2 Å². The molecule has 0 spiro atoms. The first-order chi connectivity index (χ1) is 13.1. The number of amides is 1. The summed E-state index contributed by atoms with van der Waals surface area (Å²) in [4.78, 5) is 25.7. The highest BCUT2D eigenvalue weighted by Gasteiger charge is 2.36. The molecule has 2 N–H and O–H groups in total. The summed E-state index contributed by atoms with van der Waals surface area (Å²) in [5.74, 6) is 0.362. The number of aliphatic hydroxyl groups excluding tert-OH is 1. The number of nitrogens with zero attached hydrogens (tertiary/aromatic N) is 3. The monoisotopic (exact) mass is 364 g/mol. The smallest absolute Gasteiger partial charge is 0.272 e. The van der Waals surface area contributed by atoms with Crippen LogP contribution in [0.4, 0.5) is 0 Å². The van der Waals surface area contributed by atoms with E-state index in [2.05, 4.69) is 20.3 Å². The molecule has 0 aliphatic heterocycles. The first kappa shape index (κ1) is 17.4. The minimum atomic E-state index is -0.318. The Bertz CT molecular complexity index is 955. The quantitative estimate of drug-likeness (QED) is 0.721. The topological polar surface area (TPSA) is 97.2 Å². The summed E-state index contributed by atoms with van der Waals surface area (Å²) in [7, 11) is 1.56. The van der Waals surface area contributed by atoms with Gasteiger partial charge in [-0.25, -0.2) is 9.97 Å². The second-order valence-corrected chi connectivity index (χ2v) is 6.71. The van der Waals surface area contributed by atoms with Gasteiger partial charge in [0.1, 0.15) is 5.69 Å². The number of hydrogen-bond donors (Lipinski definition) is 2. The number of nitrogens with one attached hydrogen (secondary N) is 1. The molecule has 1 amide bonds. The molecule has 7 nitrogen and oxygen atoms in total. The molecule has 1 aliphatic carbocycles. The average Bonchev–Trinajstić information content (AvgIpc) is 2.69. The van der Waals surface area contributed by atoms with E-state index in [4.69, 9.17) is 4.74 Å². The van der Waals surface area contributed by atoms with Crippen LogP contribution in [0.15, 0.2) is 48.8 Å². The van der Waals surface area contributed by atoms with Crippen LogP contribution in [0.1, 0.15) is 34.9 Å². The standard InChI is InChI=1S/C20H20N4O3/c1-27-18-7-6-12(10-22-18)19(13-8-14(25)9-13)24-20(26)17-11-21-15-4-2-3-5-16(15)23-17/h2-7,10-11,13-14,19,25H,8-9H2,1H3,(H,24,26)/t13?,14?,19-/m0/s1. The van der Waals surface area contributed by atoms with E-state index in [0.717, 1.165) is 11.1 Å². The summed E-state index contributed by atoms with van der Waals surface area (Å²) in [5.41, 5.74) is 2.55. The fourth-order valence-electron chi connectivity index (χ4n) is 3.35. The van der Waals surface area contributed by atoms with E-state index in [1.807, 2.05) is 30.3 Å². The van der Waals surface area contributed by atoms with Gasteiger partial charge in [0.2, 0.25) is 5.88 Å². The van der Waals surface area contributed by atoms with Crippen molar-refractivity contribution in [2.75, 3.05) is 7.11 Å². The number of methoxy groups -OCH3 is 1. The van der Waals surface area contributed by atoms with Crippen molar-refractivity contribution in [3.05, 3.63) is 60.0 Å². The zero-order valence-corrected chi connectivity index (χ0v) is 14.9. The largest absolute Gasteiger partial charge is 0.481 e. The molecule has 0 unspecified atom stereocenters. The first-order valence-electron chi connectivity index (χ1n) is 8.84. The van der Waals surface area contributed by atoms with Crippen LogP contribution in [0, 0.1) is 5.92 Å². The highest BCUT2D eigenvalue weighted by molar-refractivity contribution is 5.94. The summed E-state index contributed by atoms with van der Waals surface area (Å²) >= 11 is 0. The Balaban J connectivity index is 1.58. The molecule has 1 aromatic carbocycles. The minimum Gasteiger partial charge on any atom is -0.481 e. The lowest BCUT2D eigenvalue weighted by Gasteiger charge is -2.38. The fourth-order valence-corrected chi connectivity index (χ4v) is 3.35. The predicted molar refractivity (Wildman–Crippen MR) is 99.3 cm³/mol. The molecular weight excluding hydrogens is 344 g/mol. The molecule has 7 heteroatoms. The third-order valence-electron chi connectivity index (χ3n) is 4.92. The molecule has 2 heterocycles. The second-order valence-electron chi connectivity index (χ2n) is 6.71.